The van der Waals surface area contributed by atoms with Gasteiger partial charge >= 0.3 is 0 Å². The van der Waals surface area contributed by atoms with Crippen molar-refractivity contribution in [3.8, 4) is 0 Å². The summed E-state index contributed by atoms with van der Waals surface area (Å²) < 4.78 is 0. The van der Waals surface area contributed by atoms with Gasteiger partial charge in [0.1, 0.15) is 0 Å². The van der Waals surface area contributed by atoms with Crippen LogP contribution in [-0.2, 0) is 0 Å². The van der Waals surface area contributed by atoms with Crippen LogP contribution in [0.4, 0.5) is 11.4 Å². The SMILES string of the molecule is CC1CCC(Nc2ccnc3cc(N)ccc23)C1C. The largest absolute Gasteiger partial charge is 0.399 e. The number of pyridine rings is 1. The Morgan fingerprint density at radius 3 is 2.79 bits per heavy atom. The van der Waals surface area contributed by atoms with Crippen molar-refractivity contribution in [1.82, 2.24) is 4.98 Å². The van der Waals surface area contributed by atoms with Gasteiger partial charge in [-0.3, -0.25) is 4.98 Å². The summed E-state index contributed by atoms with van der Waals surface area (Å²) in [5.74, 6) is 1.53. The van der Waals surface area contributed by atoms with E-state index in [1.165, 1.54) is 18.5 Å². The van der Waals surface area contributed by atoms with E-state index in [1.807, 2.05) is 18.3 Å². The first-order valence-corrected chi connectivity index (χ1v) is 7.06. The third-order valence-corrected chi connectivity index (χ3v) is 4.57. The van der Waals surface area contributed by atoms with Crippen LogP contribution in [0.2, 0.25) is 0 Å². The van der Waals surface area contributed by atoms with Crippen molar-refractivity contribution in [2.45, 2.75) is 32.7 Å². The topological polar surface area (TPSA) is 50.9 Å². The quantitative estimate of drug-likeness (QED) is 0.805. The van der Waals surface area contributed by atoms with Crippen molar-refractivity contribution in [3.05, 3.63) is 30.5 Å². The van der Waals surface area contributed by atoms with Crippen LogP contribution in [0, 0.1) is 11.8 Å². The van der Waals surface area contributed by atoms with E-state index < -0.39 is 0 Å². The Morgan fingerprint density at radius 2 is 2.05 bits per heavy atom. The van der Waals surface area contributed by atoms with Gasteiger partial charge in [0.05, 0.1) is 5.52 Å². The van der Waals surface area contributed by atoms with Crippen LogP contribution in [0.5, 0.6) is 0 Å². The van der Waals surface area contributed by atoms with Crippen molar-refractivity contribution in [2.75, 3.05) is 11.1 Å². The fraction of sp³-hybridized carbons (Fsp3) is 0.438. The first-order chi connectivity index (χ1) is 9.15. The van der Waals surface area contributed by atoms with Crippen LogP contribution < -0.4 is 11.1 Å². The van der Waals surface area contributed by atoms with Crippen LogP contribution >= 0.6 is 0 Å². The summed E-state index contributed by atoms with van der Waals surface area (Å²) in [5.41, 5.74) is 8.72. The molecule has 3 atom stereocenters. The van der Waals surface area contributed by atoms with E-state index in [4.69, 9.17) is 5.73 Å². The highest BCUT2D eigenvalue weighted by Crippen LogP contribution is 2.34. The maximum absolute atomic E-state index is 5.82. The van der Waals surface area contributed by atoms with Crippen LogP contribution in [0.3, 0.4) is 0 Å². The molecule has 1 fully saturated rings. The van der Waals surface area contributed by atoms with Gasteiger partial charge in [0.25, 0.3) is 0 Å². The Morgan fingerprint density at radius 1 is 1.21 bits per heavy atom. The number of fused-ring (bicyclic) bond motifs is 1. The highest BCUT2D eigenvalue weighted by Gasteiger charge is 2.29. The van der Waals surface area contributed by atoms with E-state index in [9.17, 15) is 0 Å². The lowest BCUT2D eigenvalue weighted by Gasteiger charge is -2.21. The smallest absolute Gasteiger partial charge is 0.0743 e. The summed E-state index contributed by atoms with van der Waals surface area (Å²) in [4.78, 5) is 4.39. The number of nitrogens with one attached hydrogen (secondary N) is 1. The number of benzene rings is 1. The molecule has 3 rings (SSSR count). The number of aromatic nitrogens is 1. The fourth-order valence-electron chi connectivity index (χ4n) is 3.06. The van der Waals surface area contributed by atoms with Crippen molar-refractivity contribution >= 4 is 22.3 Å². The molecular weight excluding hydrogens is 234 g/mol. The molecule has 1 aromatic heterocycles. The maximum atomic E-state index is 5.82. The minimum absolute atomic E-state index is 0.568. The molecule has 0 bridgehead atoms. The lowest BCUT2D eigenvalue weighted by Crippen LogP contribution is -2.24. The van der Waals surface area contributed by atoms with Gasteiger partial charge < -0.3 is 11.1 Å². The summed E-state index contributed by atoms with van der Waals surface area (Å²) in [5, 5.41) is 4.86. The third-order valence-electron chi connectivity index (χ3n) is 4.57. The number of nitrogens with zero attached hydrogens (tertiary/aromatic N) is 1. The summed E-state index contributed by atoms with van der Waals surface area (Å²) in [6, 6.07) is 8.56. The Hall–Kier alpha value is -1.77. The lowest BCUT2D eigenvalue weighted by molar-refractivity contribution is 0.435. The van der Waals surface area contributed by atoms with E-state index in [-0.39, 0.29) is 0 Å². The second kappa shape index (κ2) is 4.72. The normalized spacial score (nSPS) is 26.7. The first kappa shape index (κ1) is 12.3. The van der Waals surface area contributed by atoms with Gasteiger partial charge in [0.15, 0.2) is 0 Å². The molecule has 3 nitrogen and oxygen atoms in total. The van der Waals surface area contributed by atoms with E-state index in [1.54, 1.807) is 0 Å². The molecule has 19 heavy (non-hydrogen) atoms. The van der Waals surface area contributed by atoms with Crippen molar-refractivity contribution < 1.29 is 0 Å². The molecule has 2 aromatic rings. The molecule has 0 spiro atoms. The molecule has 1 aliphatic carbocycles. The average Bonchev–Trinajstić information content (AvgIpc) is 2.71. The fourth-order valence-corrected chi connectivity index (χ4v) is 3.06. The van der Waals surface area contributed by atoms with Gasteiger partial charge in [0.2, 0.25) is 0 Å². The predicted octanol–water partition coefficient (Wildman–Crippen LogP) is 3.66. The molecule has 1 aromatic carbocycles. The van der Waals surface area contributed by atoms with Crippen molar-refractivity contribution in [2.24, 2.45) is 11.8 Å². The van der Waals surface area contributed by atoms with Crippen LogP contribution in [-0.4, -0.2) is 11.0 Å². The first-order valence-electron chi connectivity index (χ1n) is 7.06. The molecular formula is C16H21N3. The molecule has 0 radical (unpaired) electrons. The van der Waals surface area contributed by atoms with Gasteiger partial charge in [-0.1, -0.05) is 13.8 Å². The van der Waals surface area contributed by atoms with Crippen molar-refractivity contribution in [1.29, 1.82) is 0 Å². The average molecular weight is 255 g/mol. The van der Waals surface area contributed by atoms with E-state index in [0.717, 1.165) is 28.4 Å². The number of hydrogen-bond donors (Lipinski definition) is 2. The summed E-state index contributed by atoms with van der Waals surface area (Å²) >= 11 is 0. The zero-order valence-corrected chi connectivity index (χ0v) is 11.6. The van der Waals surface area contributed by atoms with Gasteiger partial charge in [-0.15, -0.1) is 0 Å². The molecule has 3 N–H and O–H groups in total. The highest BCUT2D eigenvalue weighted by molar-refractivity contribution is 5.92. The van der Waals surface area contributed by atoms with Crippen molar-refractivity contribution in [3.63, 3.8) is 0 Å². The van der Waals surface area contributed by atoms with Gasteiger partial charge in [-0.05, 0) is 48.9 Å². The monoisotopic (exact) mass is 255 g/mol. The molecule has 0 saturated heterocycles. The third kappa shape index (κ3) is 2.25. The second-order valence-electron chi connectivity index (χ2n) is 5.80. The van der Waals surface area contributed by atoms with Gasteiger partial charge in [-0.25, -0.2) is 0 Å². The molecule has 0 amide bonds. The molecule has 1 aliphatic rings. The lowest BCUT2D eigenvalue weighted by atomic mass is 9.97. The number of hydrogen-bond acceptors (Lipinski definition) is 3. The minimum Gasteiger partial charge on any atom is -0.399 e. The molecule has 3 heteroatoms. The number of nitrogens with two attached hydrogens (primary N) is 1. The Bertz CT molecular complexity index is 594. The summed E-state index contributed by atoms with van der Waals surface area (Å²) in [7, 11) is 0. The predicted molar refractivity (Wildman–Crippen MR) is 81.1 cm³/mol. The van der Waals surface area contributed by atoms with Gasteiger partial charge in [-0.2, -0.15) is 0 Å². The summed E-state index contributed by atoms with van der Waals surface area (Å²) in [6.07, 6.45) is 4.42. The Labute approximate surface area is 114 Å². The molecule has 1 saturated carbocycles. The summed E-state index contributed by atoms with van der Waals surface area (Å²) in [6.45, 7) is 4.69. The van der Waals surface area contributed by atoms with E-state index in [0.29, 0.717) is 6.04 Å². The Balaban J connectivity index is 1.93. The van der Waals surface area contributed by atoms with Crippen LogP contribution in [0.1, 0.15) is 26.7 Å². The minimum atomic E-state index is 0.568. The van der Waals surface area contributed by atoms with E-state index >= 15 is 0 Å². The molecule has 0 aliphatic heterocycles. The van der Waals surface area contributed by atoms with E-state index in [2.05, 4.69) is 36.3 Å². The molecule has 100 valence electrons. The van der Waals surface area contributed by atoms with Crippen LogP contribution in [0.15, 0.2) is 30.5 Å². The zero-order chi connectivity index (χ0) is 13.4. The molecule has 1 heterocycles. The number of nitrogen functional groups attached to an aromatic ring is 1. The maximum Gasteiger partial charge on any atom is 0.0743 e. The standard InChI is InChI=1S/C16H21N3/c1-10-3-6-14(11(10)2)19-15-7-8-18-16-9-12(17)4-5-13(15)16/h4-5,7-11,14H,3,6,17H2,1-2H3,(H,18,19). The van der Waals surface area contributed by atoms with Gasteiger partial charge in [0, 0.05) is 29.0 Å². The second-order valence-corrected chi connectivity index (χ2v) is 5.80. The van der Waals surface area contributed by atoms with Crippen LogP contribution in [0.25, 0.3) is 10.9 Å². The molecule has 3 unspecified atom stereocenters. The number of anilines is 2. The Kier molecular flexibility index (Phi) is 3.05. The number of rotatable bonds is 2. The zero-order valence-electron chi connectivity index (χ0n) is 11.6. The highest BCUT2D eigenvalue weighted by atomic mass is 14.9.